The van der Waals surface area contributed by atoms with E-state index < -0.39 is 6.10 Å². The highest BCUT2D eigenvalue weighted by Crippen LogP contribution is 2.17. The zero-order valence-electron chi connectivity index (χ0n) is 12.3. The summed E-state index contributed by atoms with van der Waals surface area (Å²) < 4.78 is 12.6. The van der Waals surface area contributed by atoms with Crippen molar-refractivity contribution in [2.75, 3.05) is 13.7 Å². The summed E-state index contributed by atoms with van der Waals surface area (Å²) in [4.78, 5) is 4.31. The van der Waals surface area contributed by atoms with Crippen molar-refractivity contribution in [1.29, 1.82) is 0 Å². The predicted octanol–water partition coefficient (Wildman–Crippen LogP) is 2.48. The number of aromatic nitrogens is 2. The van der Waals surface area contributed by atoms with Crippen LogP contribution in [0.3, 0.4) is 0 Å². The molecule has 0 bridgehead atoms. The van der Waals surface area contributed by atoms with E-state index in [0.29, 0.717) is 12.3 Å². The standard InChI is InChI=1S/C17H18N2O3/c1-21-14-6-8-15(9-7-14)22-11-13(20)10-19-12-18-16-4-2-3-5-17(16)19/h2-9,12-13,20H,10-11H2,1H3/t13-/m1/s1. The Balaban J connectivity index is 1.59. The fourth-order valence-corrected chi connectivity index (χ4v) is 2.30. The van der Waals surface area contributed by atoms with Gasteiger partial charge in [-0.3, -0.25) is 0 Å². The molecule has 1 N–H and O–H groups in total. The van der Waals surface area contributed by atoms with Crippen LogP contribution in [0.4, 0.5) is 0 Å². The first-order valence-electron chi connectivity index (χ1n) is 7.11. The highest BCUT2D eigenvalue weighted by molar-refractivity contribution is 5.74. The normalized spacial score (nSPS) is 12.3. The molecule has 22 heavy (non-hydrogen) atoms. The molecule has 0 radical (unpaired) electrons. The summed E-state index contributed by atoms with van der Waals surface area (Å²) in [6, 6.07) is 15.1. The van der Waals surface area contributed by atoms with Crippen molar-refractivity contribution in [3.63, 3.8) is 0 Å². The van der Waals surface area contributed by atoms with E-state index >= 15 is 0 Å². The van der Waals surface area contributed by atoms with E-state index in [1.165, 1.54) is 0 Å². The minimum absolute atomic E-state index is 0.221. The summed E-state index contributed by atoms with van der Waals surface area (Å²) in [6.07, 6.45) is 1.13. The second kappa shape index (κ2) is 6.49. The number of aliphatic hydroxyl groups excluding tert-OH is 1. The molecule has 114 valence electrons. The van der Waals surface area contributed by atoms with Gasteiger partial charge in [0.05, 0.1) is 31.0 Å². The maximum atomic E-state index is 10.1. The highest BCUT2D eigenvalue weighted by Gasteiger charge is 2.09. The lowest BCUT2D eigenvalue weighted by Crippen LogP contribution is -2.23. The number of methoxy groups -OCH3 is 1. The molecule has 2 aromatic carbocycles. The predicted molar refractivity (Wildman–Crippen MR) is 84.2 cm³/mol. The second-order valence-corrected chi connectivity index (χ2v) is 5.03. The Bertz CT molecular complexity index is 737. The zero-order valence-corrected chi connectivity index (χ0v) is 12.3. The molecular formula is C17H18N2O3. The van der Waals surface area contributed by atoms with Crippen molar-refractivity contribution in [2.24, 2.45) is 0 Å². The van der Waals surface area contributed by atoms with Crippen molar-refractivity contribution in [3.05, 3.63) is 54.9 Å². The van der Waals surface area contributed by atoms with Crippen LogP contribution >= 0.6 is 0 Å². The van der Waals surface area contributed by atoms with Gasteiger partial charge >= 0.3 is 0 Å². The fraction of sp³-hybridized carbons (Fsp3) is 0.235. The van der Waals surface area contributed by atoms with Gasteiger partial charge in [0.1, 0.15) is 24.2 Å². The lowest BCUT2D eigenvalue weighted by Gasteiger charge is -2.13. The Kier molecular flexibility index (Phi) is 4.25. The van der Waals surface area contributed by atoms with Crippen molar-refractivity contribution < 1.29 is 14.6 Å². The molecule has 1 aromatic heterocycles. The van der Waals surface area contributed by atoms with Gasteiger partial charge in [0.15, 0.2) is 0 Å². The molecule has 0 fully saturated rings. The molecule has 0 amide bonds. The largest absolute Gasteiger partial charge is 0.497 e. The molecule has 0 saturated carbocycles. The van der Waals surface area contributed by atoms with Crippen LogP contribution in [0.2, 0.25) is 0 Å². The van der Waals surface area contributed by atoms with Gasteiger partial charge in [-0.15, -0.1) is 0 Å². The molecule has 0 spiro atoms. The summed E-state index contributed by atoms with van der Waals surface area (Å²) in [5.74, 6) is 1.48. The summed E-state index contributed by atoms with van der Waals surface area (Å²) in [5, 5.41) is 10.1. The number of aliphatic hydroxyl groups is 1. The van der Waals surface area contributed by atoms with Crippen molar-refractivity contribution >= 4 is 11.0 Å². The molecule has 5 heteroatoms. The average molecular weight is 298 g/mol. The summed E-state index contributed by atoms with van der Waals surface area (Å²) >= 11 is 0. The first kappa shape index (κ1) is 14.4. The number of hydrogen-bond donors (Lipinski definition) is 1. The maximum Gasteiger partial charge on any atom is 0.119 e. The van der Waals surface area contributed by atoms with E-state index in [9.17, 15) is 5.11 Å². The van der Waals surface area contributed by atoms with E-state index in [1.54, 1.807) is 13.4 Å². The van der Waals surface area contributed by atoms with Crippen LogP contribution in [0.15, 0.2) is 54.9 Å². The molecular weight excluding hydrogens is 280 g/mol. The van der Waals surface area contributed by atoms with Gasteiger partial charge in [0.2, 0.25) is 0 Å². The number of para-hydroxylation sites is 2. The molecule has 0 aliphatic heterocycles. The Morgan fingerprint density at radius 2 is 1.82 bits per heavy atom. The number of rotatable bonds is 6. The topological polar surface area (TPSA) is 56.5 Å². The number of nitrogens with zero attached hydrogens (tertiary/aromatic N) is 2. The van der Waals surface area contributed by atoms with E-state index in [2.05, 4.69) is 4.98 Å². The van der Waals surface area contributed by atoms with Gasteiger partial charge in [-0.25, -0.2) is 4.98 Å². The van der Waals surface area contributed by atoms with Gasteiger partial charge in [-0.05, 0) is 36.4 Å². The third kappa shape index (κ3) is 3.20. The molecule has 1 heterocycles. The third-order valence-electron chi connectivity index (χ3n) is 3.44. The van der Waals surface area contributed by atoms with Crippen LogP contribution in [0.1, 0.15) is 0 Å². The number of imidazole rings is 1. The molecule has 0 aliphatic rings. The van der Waals surface area contributed by atoms with Crippen molar-refractivity contribution in [3.8, 4) is 11.5 Å². The number of benzene rings is 2. The van der Waals surface area contributed by atoms with Crippen LogP contribution in [-0.4, -0.2) is 34.5 Å². The first-order valence-corrected chi connectivity index (χ1v) is 7.11. The molecule has 5 nitrogen and oxygen atoms in total. The fourth-order valence-electron chi connectivity index (χ4n) is 2.30. The smallest absolute Gasteiger partial charge is 0.119 e. The van der Waals surface area contributed by atoms with Crippen molar-refractivity contribution in [1.82, 2.24) is 9.55 Å². The molecule has 0 saturated heterocycles. The second-order valence-electron chi connectivity index (χ2n) is 5.03. The SMILES string of the molecule is COc1ccc(OC[C@H](O)Cn2cnc3ccccc32)cc1. The van der Waals surface area contributed by atoms with Gasteiger partial charge in [0.25, 0.3) is 0 Å². The van der Waals surface area contributed by atoms with Gasteiger partial charge in [-0.1, -0.05) is 12.1 Å². The van der Waals surface area contributed by atoms with E-state index in [-0.39, 0.29) is 6.61 Å². The lowest BCUT2D eigenvalue weighted by atomic mass is 10.3. The summed E-state index contributed by atoms with van der Waals surface area (Å²) in [6.45, 7) is 0.662. The Hall–Kier alpha value is -2.53. The summed E-state index contributed by atoms with van der Waals surface area (Å²) in [5.41, 5.74) is 1.93. The Morgan fingerprint density at radius 3 is 2.59 bits per heavy atom. The number of ether oxygens (including phenoxy) is 2. The quantitative estimate of drug-likeness (QED) is 0.759. The number of fused-ring (bicyclic) bond motifs is 1. The van der Waals surface area contributed by atoms with E-state index in [1.807, 2.05) is 53.1 Å². The zero-order chi connectivity index (χ0) is 15.4. The minimum Gasteiger partial charge on any atom is -0.497 e. The molecule has 3 rings (SSSR count). The molecule has 0 aliphatic carbocycles. The Labute approximate surface area is 128 Å². The lowest BCUT2D eigenvalue weighted by molar-refractivity contribution is 0.0934. The highest BCUT2D eigenvalue weighted by atomic mass is 16.5. The molecule has 1 atom stereocenters. The van der Waals surface area contributed by atoms with Crippen molar-refractivity contribution in [2.45, 2.75) is 12.6 Å². The molecule has 3 aromatic rings. The maximum absolute atomic E-state index is 10.1. The average Bonchev–Trinajstić information content (AvgIpc) is 2.97. The summed E-state index contributed by atoms with van der Waals surface area (Å²) in [7, 11) is 1.62. The van der Waals surface area contributed by atoms with Crippen LogP contribution in [0.5, 0.6) is 11.5 Å². The van der Waals surface area contributed by atoms with Gasteiger partial charge in [-0.2, -0.15) is 0 Å². The number of hydrogen-bond acceptors (Lipinski definition) is 4. The third-order valence-corrected chi connectivity index (χ3v) is 3.44. The van der Waals surface area contributed by atoms with Crippen LogP contribution in [0, 0.1) is 0 Å². The monoisotopic (exact) mass is 298 g/mol. The van der Waals surface area contributed by atoms with Gasteiger partial charge < -0.3 is 19.1 Å². The van der Waals surface area contributed by atoms with Crippen LogP contribution < -0.4 is 9.47 Å². The first-order chi connectivity index (χ1) is 10.8. The van der Waals surface area contributed by atoms with E-state index in [0.717, 1.165) is 16.8 Å². The van der Waals surface area contributed by atoms with Crippen LogP contribution in [0.25, 0.3) is 11.0 Å². The minimum atomic E-state index is -0.611. The van der Waals surface area contributed by atoms with Gasteiger partial charge in [0, 0.05) is 0 Å². The molecule has 0 unspecified atom stereocenters. The van der Waals surface area contributed by atoms with E-state index in [4.69, 9.17) is 9.47 Å². The van der Waals surface area contributed by atoms with Crippen LogP contribution in [-0.2, 0) is 6.54 Å². The Morgan fingerprint density at radius 1 is 1.09 bits per heavy atom.